The molecule has 26 heavy (non-hydrogen) atoms. The van der Waals surface area contributed by atoms with Gasteiger partial charge in [0.25, 0.3) is 0 Å². The maximum atomic E-state index is 5.46. The summed E-state index contributed by atoms with van der Waals surface area (Å²) < 4.78 is 7.14. The second-order valence-electron chi connectivity index (χ2n) is 5.66. The van der Waals surface area contributed by atoms with E-state index in [4.69, 9.17) is 4.74 Å². The summed E-state index contributed by atoms with van der Waals surface area (Å²) in [5.41, 5.74) is 3.30. The van der Waals surface area contributed by atoms with E-state index in [0.717, 1.165) is 28.6 Å². The van der Waals surface area contributed by atoms with Gasteiger partial charge in [-0.05, 0) is 32.2 Å². The second-order valence-corrected chi connectivity index (χ2v) is 5.66. The summed E-state index contributed by atoms with van der Waals surface area (Å²) in [6.45, 7) is 2.57. The molecule has 0 aliphatic rings. The van der Waals surface area contributed by atoms with E-state index < -0.39 is 0 Å². The Hall–Kier alpha value is -3.20. The summed E-state index contributed by atoms with van der Waals surface area (Å²) in [7, 11) is 5.32. The zero-order valence-electron chi connectivity index (χ0n) is 15.2. The first-order chi connectivity index (χ1) is 12.6. The van der Waals surface area contributed by atoms with E-state index >= 15 is 0 Å². The van der Waals surface area contributed by atoms with E-state index in [-0.39, 0.29) is 0 Å². The molecule has 9 heteroatoms. The zero-order valence-corrected chi connectivity index (χ0v) is 15.2. The predicted octanol–water partition coefficient (Wildman–Crippen LogP) is 1.88. The number of hydrogen-bond acceptors (Lipinski definition) is 8. The molecule has 1 aromatic carbocycles. The van der Waals surface area contributed by atoms with Gasteiger partial charge in [-0.2, -0.15) is 4.98 Å². The van der Waals surface area contributed by atoms with Gasteiger partial charge in [0.2, 0.25) is 5.95 Å². The van der Waals surface area contributed by atoms with Crippen molar-refractivity contribution < 1.29 is 4.74 Å². The van der Waals surface area contributed by atoms with Gasteiger partial charge in [0.05, 0.1) is 19.0 Å². The van der Waals surface area contributed by atoms with E-state index in [9.17, 15) is 0 Å². The number of anilines is 3. The number of benzene rings is 1. The van der Waals surface area contributed by atoms with Crippen LogP contribution in [0.15, 0.2) is 30.5 Å². The van der Waals surface area contributed by atoms with Crippen LogP contribution in [-0.4, -0.2) is 46.2 Å². The third-order valence-corrected chi connectivity index (χ3v) is 3.69. The predicted molar refractivity (Wildman–Crippen MR) is 100 cm³/mol. The number of hydrogen-bond donors (Lipinski definition) is 3. The Bertz CT molecular complexity index is 892. The van der Waals surface area contributed by atoms with E-state index in [1.807, 2.05) is 51.5 Å². The number of methoxy groups -OCH3 is 1. The molecule has 3 N–H and O–H groups in total. The minimum absolute atomic E-state index is 0.514. The second kappa shape index (κ2) is 7.79. The highest BCUT2D eigenvalue weighted by atomic mass is 16.5. The number of aromatic nitrogens is 5. The smallest absolute Gasteiger partial charge is 0.229 e. The highest BCUT2D eigenvalue weighted by molar-refractivity contribution is 5.62. The number of rotatable bonds is 7. The van der Waals surface area contributed by atoms with Crippen molar-refractivity contribution in [2.24, 2.45) is 0 Å². The normalized spacial score (nSPS) is 10.6. The number of ether oxygens (including phenoxy) is 1. The average Bonchev–Trinajstić information content (AvgIpc) is 3.10. The highest BCUT2D eigenvalue weighted by Gasteiger charge is 2.11. The van der Waals surface area contributed by atoms with Crippen LogP contribution < -0.4 is 20.7 Å². The van der Waals surface area contributed by atoms with Crippen molar-refractivity contribution in [3.63, 3.8) is 0 Å². The number of nitrogens with one attached hydrogen (secondary N) is 3. The molecule has 0 bridgehead atoms. The molecule has 0 spiro atoms. The fourth-order valence-corrected chi connectivity index (χ4v) is 2.51. The summed E-state index contributed by atoms with van der Waals surface area (Å²) in [4.78, 5) is 8.83. The van der Waals surface area contributed by atoms with Gasteiger partial charge in [-0.15, -0.1) is 5.10 Å². The highest BCUT2D eigenvalue weighted by Crippen LogP contribution is 2.27. The van der Waals surface area contributed by atoms with Crippen LogP contribution in [0.4, 0.5) is 17.5 Å². The molecule has 136 valence electrons. The monoisotopic (exact) mass is 354 g/mol. The van der Waals surface area contributed by atoms with Gasteiger partial charge in [-0.25, -0.2) is 9.67 Å². The Labute approximate surface area is 151 Å². The summed E-state index contributed by atoms with van der Waals surface area (Å²) >= 11 is 0. The average molecular weight is 354 g/mol. The summed E-state index contributed by atoms with van der Waals surface area (Å²) in [5.74, 6) is 1.96. The lowest BCUT2D eigenvalue weighted by Gasteiger charge is -2.12. The first-order valence-corrected chi connectivity index (χ1v) is 8.17. The van der Waals surface area contributed by atoms with E-state index in [1.54, 1.807) is 11.8 Å². The lowest BCUT2D eigenvalue weighted by molar-refractivity contribution is 0.411. The molecule has 0 unspecified atom stereocenters. The van der Waals surface area contributed by atoms with Crippen LogP contribution in [0.25, 0.3) is 5.69 Å². The van der Waals surface area contributed by atoms with Crippen molar-refractivity contribution in [2.45, 2.75) is 13.5 Å². The largest absolute Gasteiger partial charge is 0.494 e. The molecule has 0 aliphatic heterocycles. The molecular formula is C17H22N8O. The minimum Gasteiger partial charge on any atom is -0.494 e. The van der Waals surface area contributed by atoms with Crippen LogP contribution in [0, 0.1) is 6.92 Å². The molecule has 2 heterocycles. The van der Waals surface area contributed by atoms with Gasteiger partial charge in [0, 0.05) is 31.0 Å². The molecule has 0 saturated heterocycles. The number of nitrogens with zero attached hydrogens (tertiary/aromatic N) is 5. The van der Waals surface area contributed by atoms with Gasteiger partial charge in [-0.3, -0.25) is 0 Å². The lowest BCUT2D eigenvalue weighted by atomic mass is 10.2. The molecule has 0 amide bonds. The van der Waals surface area contributed by atoms with Crippen LogP contribution in [0.1, 0.15) is 11.4 Å². The van der Waals surface area contributed by atoms with Crippen molar-refractivity contribution in [3.05, 3.63) is 41.9 Å². The van der Waals surface area contributed by atoms with Gasteiger partial charge >= 0.3 is 0 Å². The standard InChI is InChI=1S/C17H22N8O/c1-11-7-16(19-3)22-17(20-11)21-12-5-6-15(26-4)14(8-12)25-10-13(9-18-2)23-24-25/h5-8,10,18H,9H2,1-4H3,(H2,19,20,21,22). The quantitative estimate of drug-likeness (QED) is 0.591. The summed E-state index contributed by atoms with van der Waals surface area (Å²) in [6, 6.07) is 7.56. The van der Waals surface area contributed by atoms with Gasteiger partial charge in [0.15, 0.2) is 0 Å². The molecule has 2 aromatic heterocycles. The maximum absolute atomic E-state index is 5.46. The first-order valence-electron chi connectivity index (χ1n) is 8.17. The molecule has 0 aliphatic carbocycles. The maximum Gasteiger partial charge on any atom is 0.229 e. The van der Waals surface area contributed by atoms with Crippen molar-refractivity contribution in [2.75, 3.05) is 31.8 Å². The Kier molecular flexibility index (Phi) is 5.28. The number of aryl methyl sites for hydroxylation is 1. The Morgan fingerprint density at radius 2 is 2.00 bits per heavy atom. The van der Waals surface area contributed by atoms with Crippen molar-refractivity contribution in [1.29, 1.82) is 0 Å². The third kappa shape index (κ3) is 3.89. The summed E-state index contributed by atoms with van der Waals surface area (Å²) in [6.07, 6.45) is 1.86. The molecule has 0 saturated carbocycles. The first kappa shape index (κ1) is 17.6. The van der Waals surface area contributed by atoms with Crippen LogP contribution in [-0.2, 0) is 6.54 Å². The molecule has 3 aromatic rings. The summed E-state index contributed by atoms with van der Waals surface area (Å²) in [5, 5.41) is 17.6. The van der Waals surface area contributed by atoms with E-state index in [2.05, 4.69) is 36.2 Å². The van der Waals surface area contributed by atoms with E-state index in [1.165, 1.54) is 0 Å². The zero-order chi connectivity index (χ0) is 18.5. The van der Waals surface area contributed by atoms with Gasteiger partial charge < -0.3 is 20.7 Å². The van der Waals surface area contributed by atoms with Crippen molar-refractivity contribution >= 4 is 17.5 Å². The van der Waals surface area contributed by atoms with Crippen LogP contribution >= 0.6 is 0 Å². The Morgan fingerprint density at radius 3 is 2.73 bits per heavy atom. The van der Waals surface area contributed by atoms with Crippen LogP contribution in [0.5, 0.6) is 5.75 Å². The van der Waals surface area contributed by atoms with Gasteiger partial charge in [-0.1, -0.05) is 5.21 Å². The Morgan fingerprint density at radius 1 is 1.15 bits per heavy atom. The molecule has 0 fully saturated rings. The van der Waals surface area contributed by atoms with Crippen molar-refractivity contribution in [3.8, 4) is 11.4 Å². The topological polar surface area (TPSA) is 102 Å². The lowest BCUT2D eigenvalue weighted by Crippen LogP contribution is -2.05. The molecule has 3 rings (SSSR count). The van der Waals surface area contributed by atoms with Crippen molar-refractivity contribution in [1.82, 2.24) is 30.3 Å². The van der Waals surface area contributed by atoms with Gasteiger partial charge in [0.1, 0.15) is 17.3 Å². The SMILES string of the molecule is CNCc1cn(-c2cc(Nc3nc(C)cc(NC)n3)ccc2OC)nn1. The molecule has 0 atom stereocenters. The minimum atomic E-state index is 0.514. The molecular weight excluding hydrogens is 332 g/mol. The van der Waals surface area contributed by atoms with Crippen LogP contribution in [0.3, 0.4) is 0 Å². The fourth-order valence-electron chi connectivity index (χ4n) is 2.51. The Balaban J connectivity index is 1.93. The molecule has 0 radical (unpaired) electrons. The van der Waals surface area contributed by atoms with E-state index in [0.29, 0.717) is 18.2 Å². The van der Waals surface area contributed by atoms with Crippen LogP contribution in [0.2, 0.25) is 0 Å². The fraction of sp³-hybridized carbons (Fsp3) is 0.294. The molecule has 9 nitrogen and oxygen atoms in total. The third-order valence-electron chi connectivity index (χ3n) is 3.69.